The molecule has 0 heterocycles. The van der Waals surface area contributed by atoms with Gasteiger partial charge in [-0.05, 0) is 42.2 Å². The molecule has 0 unspecified atom stereocenters. The number of amides is 1. The molecule has 0 bridgehead atoms. The summed E-state index contributed by atoms with van der Waals surface area (Å²) in [5.41, 5.74) is 0.968. The first kappa shape index (κ1) is 19.9. The van der Waals surface area contributed by atoms with Gasteiger partial charge in [0.15, 0.2) is 0 Å². The van der Waals surface area contributed by atoms with Gasteiger partial charge in [-0.3, -0.25) is 4.79 Å². The summed E-state index contributed by atoms with van der Waals surface area (Å²) in [5, 5.41) is 3.59. The van der Waals surface area contributed by atoms with Crippen molar-refractivity contribution in [3.8, 4) is 0 Å². The van der Waals surface area contributed by atoms with Crippen molar-refractivity contribution in [2.45, 2.75) is 36.1 Å². The molecule has 7 heteroatoms. The second-order valence-corrected chi connectivity index (χ2v) is 9.58. The molecule has 1 aliphatic carbocycles. The molecule has 27 heavy (non-hydrogen) atoms. The molecule has 0 atom stereocenters. The number of benzene rings is 2. The fourth-order valence-electron chi connectivity index (χ4n) is 3.39. The molecule has 2 aromatic carbocycles. The minimum atomic E-state index is -3.57. The first-order valence-electron chi connectivity index (χ1n) is 8.82. The summed E-state index contributed by atoms with van der Waals surface area (Å²) in [7, 11) is -0.583. The van der Waals surface area contributed by atoms with Gasteiger partial charge in [0.25, 0.3) is 0 Å². The molecule has 1 N–H and O–H groups in total. The van der Waals surface area contributed by atoms with Crippen molar-refractivity contribution < 1.29 is 13.2 Å². The Hall–Kier alpha value is -1.89. The third kappa shape index (κ3) is 3.74. The second kappa shape index (κ2) is 7.62. The summed E-state index contributed by atoms with van der Waals surface area (Å²) in [6.45, 7) is 0.164. The van der Waals surface area contributed by atoms with Crippen molar-refractivity contribution >= 4 is 27.5 Å². The highest BCUT2D eigenvalue weighted by Gasteiger charge is 2.45. The maximum Gasteiger partial charge on any atom is 0.242 e. The van der Waals surface area contributed by atoms with E-state index < -0.39 is 15.4 Å². The molecule has 2 aromatic rings. The average molecular weight is 407 g/mol. The van der Waals surface area contributed by atoms with Crippen LogP contribution in [0.1, 0.15) is 30.4 Å². The topological polar surface area (TPSA) is 66.5 Å². The average Bonchev–Trinajstić information content (AvgIpc) is 2.60. The van der Waals surface area contributed by atoms with Gasteiger partial charge in [0.1, 0.15) is 0 Å². The lowest BCUT2D eigenvalue weighted by atomic mass is 9.64. The number of rotatable bonds is 6. The lowest BCUT2D eigenvalue weighted by Gasteiger charge is -2.40. The first-order chi connectivity index (χ1) is 12.8. The molecule has 1 amide bonds. The third-order valence-corrected chi connectivity index (χ3v) is 7.38. The van der Waals surface area contributed by atoms with E-state index in [0.717, 1.165) is 24.8 Å². The molecule has 1 aliphatic rings. The standard InChI is InChI=1S/C20H23ClN2O3S/c1-23(2)27(25,26)18-7-4-3-6-15(18)14-22-19(24)20(12-5-13-20)16-8-10-17(21)11-9-16/h3-4,6-11H,5,12-14H2,1-2H3,(H,22,24). The van der Waals surface area contributed by atoms with Crippen LogP contribution in [-0.2, 0) is 26.8 Å². The van der Waals surface area contributed by atoms with Crippen LogP contribution < -0.4 is 5.32 Å². The fraction of sp³-hybridized carbons (Fsp3) is 0.350. The van der Waals surface area contributed by atoms with Gasteiger partial charge < -0.3 is 5.32 Å². The Labute approximate surface area is 165 Å². The molecule has 3 rings (SSSR count). The molecule has 1 fully saturated rings. The number of halogens is 1. The van der Waals surface area contributed by atoms with E-state index in [4.69, 9.17) is 11.6 Å². The van der Waals surface area contributed by atoms with Crippen LogP contribution in [0.3, 0.4) is 0 Å². The van der Waals surface area contributed by atoms with E-state index in [1.807, 2.05) is 12.1 Å². The minimum Gasteiger partial charge on any atom is -0.351 e. The lowest BCUT2D eigenvalue weighted by Crippen LogP contribution is -2.49. The van der Waals surface area contributed by atoms with Gasteiger partial charge in [-0.2, -0.15) is 0 Å². The minimum absolute atomic E-state index is 0.0758. The highest BCUT2D eigenvalue weighted by atomic mass is 35.5. The predicted octanol–water partition coefficient (Wildman–Crippen LogP) is 3.33. The Morgan fingerprint density at radius 2 is 1.74 bits per heavy atom. The van der Waals surface area contributed by atoms with Gasteiger partial charge in [-0.15, -0.1) is 0 Å². The van der Waals surface area contributed by atoms with Crippen molar-refractivity contribution in [1.82, 2.24) is 9.62 Å². The number of hydrogen-bond donors (Lipinski definition) is 1. The van der Waals surface area contributed by atoms with Gasteiger partial charge in [0, 0.05) is 25.7 Å². The zero-order valence-corrected chi connectivity index (χ0v) is 17.0. The van der Waals surface area contributed by atoms with Gasteiger partial charge in [-0.25, -0.2) is 12.7 Å². The maximum atomic E-state index is 13.0. The van der Waals surface area contributed by atoms with Crippen LogP contribution in [0.4, 0.5) is 0 Å². The van der Waals surface area contributed by atoms with E-state index in [1.165, 1.54) is 18.4 Å². The molecular formula is C20H23ClN2O3S. The summed E-state index contributed by atoms with van der Waals surface area (Å²) >= 11 is 5.97. The summed E-state index contributed by atoms with van der Waals surface area (Å²) in [4.78, 5) is 13.2. The van der Waals surface area contributed by atoms with E-state index in [9.17, 15) is 13.2 Å². The van der Waals surface area contributed by atoms with Crippen molar-refractivity contribution in [2.75, 3.05) is 14.1 Å². The Kier molecular flexibility index (Phi) is 5.60. The number of carbonyl (C=O) groups is 1. The van der Waals surface area contributed by atoms with Crippen molar-refractivity contribution in [3.05, 3.63) is 64.7 Å². The third-order valence-electron chi connectivity index (χ3n) is 5.21. The molecular weight excluding hydrogens is 384 g/mol. The molecule has 0 aromatic heterocycles. The van der Waals surface area contributed by atoms with E-state index in [-0.39, 0.29) is 17.3 Å². The van der Waals surface area contributed by atoms with Crippen molar-refractivity contribution in [3.63, 3.8) is 0 Å². The van der Waals surface area contributed by atoms with Gasteiger partial charge in [0.2, 0.25) is 15.9 Å². The van der Waals surface area contributed by atoms with E-state index in [2.05, 4.69) is 5.32 Å². The SMILES string of the molecule is CN(C)S(=O)(=O)c1ccccc1CNC(=O)C1(c2ccc(Cl)cc2)CCC1. The van der Waals surface area contributed by atoms with Crippen LogP contribution in [0.15, 0.2) is 53.4 Å². The van der Waals surface area contributed by atoms with Crippen LogP contribution in [0, 0.1) is 0 Å². The number of hydrogen-bond acceptors (Lipinski definition) is 3. The van der Waals surface area contributed by atoms with Crippen LogP contribution in [0.2, 0.25) is 5.02 Å². The first-order valence-corrected chi connectivity index (χ1v) is 10.6. The monoisotopic (exact) mass is 406 g/mol. The van der Waals surface area contributed by atoms with E-state index in [0.29, 0.717) is 10.6 Å². The smallest absolute Gasteiger partial charge is 0.242 e. The fourth-order valence-corrected chi connectivity index (χ4v) is 4.63. The summed E-state index contributed by atoms with van der Waals surface area (Å²) in [5.74, 6) is -0.0758. The largest absolute Gasteiger partial charge is 0.351 e. The number of sulfonamides is 1. The lowest BCUT2D eigenvalue weighted by molar-refractivity contribution is -0.130. The predicted molar refractivity (Wildman–Crippen MR) is 106 cm³/mol. The summed E-state index contributed by atoms with van der Waals surface area (Å²) in [6.07, 6.45) is 2.54. The highest BCUT2D eigenvalue weighted by Crippen LogP contribution is 2.44. The van der Waals surface area contributed by atoms with Gasteiger partial charge in [-0.1, -0.05) is 48.4 Å². The van der Waals surface area contributed by atoms with E-state index in [1.54, 1.807) is 36.4 Å². The molecule has 144 valence electrons. The zero-order chi connectivity index (χ0) is 19.7. The number of nitrogens with one attached hydrogen (secondary N) is 1. The van der Waals surface area contributed by atoms with Crippen molar-refractivity contribution in [1.29, 1.82) is 0 Å². The quantitative estimate of drug-likeness (QED) is 0.800. The Bertz CT molecular complexity index is 936. The Morgan fingerprint density at radius 3 is 2.30 bits per heavy atom. The normalized spacial score (nSPS) is 16.0. The van der Waals surface area contributed by atoms with Crippen LogP contribution >= 0.6 is 11.6 Å². The molecule has 1 saturated carbocycles. The Morgan fingerprint density at radius 1 is 1.11 bits per heavy atom. The second-order valence-electron chi connectivity index (χ2n) is 7.02. The highest BCUT2D eigenvalue weighted by molar-refractivity contribution is 7.89. The van der Waals surface area contributed by atoms with Crippen LogP contribution in [0.25, 0.3) is 0 Å². The summed E-state index contributed by atoms with van der Waals surface area (Å²) < 4.78 is 26.2. The molecule has 0 saturated heterocycles. The number of nitrogens with zero attached hydrogens (tertiary/aromatic N) is 1. The number of carbonyl (C=O) groups excluding carboxylic acids is 1. The molecule has 5 nitrogen and oxygen atoms in total. The van der Waals surface area contributed by atoms with Crippen molar-refractivity contribution in [2.24, 2.45) is 0 Å². The van der Waals surface area contributed by atoms with Gasteiger partial charge in [0.05, 0.1) is 10.3 Å². The van der Waals surface area contributed by atoms with Gasteiger partial charge >= 0.3 is 0 Å². The van der Waals surface area contributed by atoms with E-state index >= 15 is 0 Å². The molecule has 0 spiro atoms. The van der Waals surface area contributed by atoms with Crippen LogP contribution in [-0.4, -0.2) is 32.7 Å². The zero-order valence-electron chi connectivity index (χ0n) is 15.4. The molecule has 0 radical (unpaired) electrons. The molecule has 0 aliphatic heterocycles. The Balaban J connectivity index is 1.81. The summed E-state index contributed by atoms with van der Waals surface area (Å²) in [6, 6.07) is 14.1. The maximum absolute atomic E-state index is 13.0. The van der Waals surface area contributed by atoms with Crippen LogP contribution in [0.5, 0.6) is 0 Å².